The normalized spacial score (nSPS) is 10.5. The number of nitrogens with zero attached hydrogens (tertiary/aromatic N) is 1. The summed E-state index contributed by atoms with van der Waals surface area (Å²) >= 11 is 0. The van der Waals surface area contributed by atoms with Crippen LogP contribution in [-0.4, -0.2) is 11.9 Å². The van der Waals surface area contributed by atoms with Gasteiger partial charge in [-0.2, -0.15) is 0 Å². The molecule has 0 aromatic heterocycles. The first-order valence-electron chi connectivity index (χ1n) is 7.18. The second-order valence-corrected chi connectivity index (χ2v) is 4.79. The predicted molar refractivity (Wildman–Crippen MR) is 87.4 cm³/mol. The average Bonchev–Trinajstić information content (AvgIpc) is 2.39. The molecule has 0 amide bonds. The average molecular weight is 260 g/mol. The number of rotatable bonds is 4. The Morgan fingerprint density at radius 3 is 2.26 bits per heavy atom. The fourth-order valence-electron chi connectivity index (χ4n) is 1.69. The highest BCUT2D eigenvalue weighted by Gasteiger charge is 2.03. The van der Waals surface area contributed by atoms with Gasteiger partial charge in [-0.3, -0.25) is 4.99 Å². The van der Waals surface area contributed by atoms with Crippen LogP contribution in [0.25, 0.3) is 0 Å². The van der Waals surface area contributed by atoms with Crippen LogP contribution in [0.15, 0.2) is 17.1 Å². The van der Waals surface area contributed by atoms with E-state index in [-0.39, 0.29) is 5.92 Å². The lowest BCUT2D eigenvalue weighted by atomic mass is 10.0. The van der Waals surface area contributed by atoms with Crippen molar-refractivity contribution < 1.29 is 0 Å². The lowest BCUT2D eigenvalue weighted by Crippen LogP contribution is -2.06. The Kier molecular flexibility index (Phi) is 7.97. The van der Waals surface area contributed by atoms with Crippen molar-refractivity contribution in [3.63, 3.8) is 0 Å². The summed E-state index contributed by atoms with van der Waals surface area (Å²) in [6.07, 6.45) is 2.69. The van der Waals surface area contributed by atoms with Crippen LogP contribution in [0.2, 0.25) is 0 Å². The zero-order valence-electron chi connectivity index (χ0n) is 13.5. The van der Waals surface area contributed by atoms with E-state index in [2.05, 4.69) is 37.9 Å². The molecule has 0 radical (unpaired) electrons. The molecule has 2 heteroatoms. The van der Waals surface area contributed by atoms with Gasteiger partial charge in [0.05, 0.1) is 11.4 Å². The summed E-state index contributed by atoms with van der Waals surface area (Å²) in [6, 6.07) is 4.30. The van der Waals surface area contributed by atoms with E-state index in [1.807, 2.05) is 27.7 Å². The molecule has 1 N–H and O–H groups in total. The first-order valence-corrected chi connectivity index (χ1v) is 7.18. The van der Waals surface area contributed by atoms with Gasteiger partial charge in [-0.25, -0.2) is 0 Å². The summed E-state index contributed by atoms with van der Waals surface area (Å²) in [4.78, 5) is 4.43. The second kappa shape index (κ2) is 8.63. The van der Waals surface area contributed by atoms with Gasteiger partial charge in [0.25, 0.3) is 0 Å². The molecule has 0 unspecified atom stereocenters. The molecule has 1 aromatic rings. The van der Waals surface area contributed by atoms with E-state index in [9.17, 15) is 0 Å². The Hall–Kier alpha value is -1.44. The molecule has 0 spiro atoms. The lowest BCUT2D eigenvalue weighted by Gasteiger charge is -2.08. The van der Waals surface area contributed by atoms with Gasteiger partial charge >= 0.3 is 0 Å². The van der Waals surface area contributed by atoms with Gasteiger partial charge in [-0.15, -0.1) is 0 Å². The lowest BCUT2D eigenvalue weighted by molar-refractivity contribution is 0.889. The molecule has 0 saturated carbocycles. The Morgan fingerprint density at radius 1 is 1.21 bits per heavy atom. The largest absolute Gasteiger partial charge is 0.303 e. The molecule has 0 saturated heterocycles. The quantitative estimate of drug-likeness (QED) is 0.716. The maximum absolute atomic E-state index is 7.75. The first kappa shape index (κ1) is 17.6. The summed E-state index contributed by atoms with van der Waals surface area (Å²) in [5.41, 5.74) is 5.38. The van der Waals surface area contributed by atoms with Crippen LogP contribution in [0.1, 0.15) is 51.3 Å². The van der Waals surface area contributed by atoms with Crippen molar-refractivity contribution in [1.29, 1.82) is 5.41 Å². The molecule has 2 nitrogen and oxygen atoms in total. The number of hydrogen-bond acceptors (Lipinski definition) is 2. The molecule has 0 atom stereocenters. The highest BCUT2D eigenvalue weighted by atomic mass is 14.7. The third kappa shape index (κ3) is 5.37. The fourth-order valence-corrected chi connectivity index (χ4v) is 1.69. The first-order chi connectivity index (χ1) is 8.95. The van der Waals surface area contributed by atoms with Crippen LogP contribution in [0.4, 0.5) is 5.69 Å². The number of hydrogen-bond donors (Lipinski definition) is 1. The Labute approximate surface area is 118 Å². The Morgan fingerprint density at radius 2 is 1.79 bits per heavy atom. The van der Waals surface area contributed by atoms with Crippen LogP contribution in [0, 0.1) is 25.2 Å². The topological polar surface area (TPSA) is 36.2 Å². The second-order valence-electron chi connectivity index (χ2n) is 4.79. The number of aliphatic imine (C=N–C) groups is 1. The molecule has 0 heterocycles. The maximum Gasteiger partial charge on any atom is 0.0662 e. The summed E-state index contributed by atoms with van der Waals surface area (Å²) in [7, 11) is 0. The van der Waals surface area contributed by atoms with E-state index in [0.717, 1.165) is 12.1 Å². The Bertz CT molecular complexity index is 443. The molecular weight excluding hydrogens is 232 g/mol. The zero-order valence-corrected chi connectivity index (χ0v) is 13.5. The van der Waals surface area contributed by atoms with Crippen LogP contribution in [0.5, 0.6) is 0 Å². The van der Waals surface area contributed by atoms with Crippen molar-refractivity contribution in [3.8, 4) is 0 Å². The van der Waals surface area contributed by atoms with Crippen molar-refractivity contribution in [1.82, 2.24) is 0 Å². The molecule has 0 fully saturated rings. The van der Waals surface area contributed by atoms with Gasteiger partial charge in [0, 0.05) is 6.21 Å². The molecule has 1 rings (SSSR count). The van der Waals surface area contributed by atoms with Crippen LogP contribution < -0.4 is 0 Å². The molecule has 0 bridgehead atoms. The molecule has 19 heavy (non-hydrogen) atoms. The van der Waals surface area contributed by atoms with E-state index < -0.39 is 0 Å². The predicted octanol–water partition coefficient (Wildman–Crippen LogP) is 5.27. The summed E-state index contributed by atoms with van der Waals surface area (Å²) in [5.74, 6) is 0.232. The van der Waals surface area contributed by atoms with Crippen LogP contribution >= 0.6 is 0 Å². The number of nitrogens with one attached hydrogen (secondary N) is 1. The Balaban J connectivity index is 0.00000154. The molecule has 0 aliphatic carbocycles. The van der Waals surface area contributed by atoms with Gasteiger partial charge in [0.1, 0.15) is 0 Å². The van der Waals surface area contributed by atoms with E-state index in [1.54, 1.807) is 6.21 Å². The molecule has 1 aromatic carbocycles. The third-order valence-corrected chi connectivity index (χ3v) is 3.00. The van der Waals surface area contributed by atoms with Crippen molar-refractivity contribution >= 4 is 17.6 Å². The van der Waals surface area contributed by atoms with Crippen LogP contribution in [0.3, 0.4) is 0 Å². The van der Waals surface area contributed by atoms with E-state index >= 15 is 0 Å². The van der Waals surface area contributed by atoms with Crippen molar-refractivity contribution in [2.45, 2.75) is 54.9 Å². The fraction of sp³-hybridized carbons (Fsp3) is 0.529. The minimum atomic E-state index is 0.232. The van der Waals surface area contributed by atoms with Gasteiger partial charge in [0.2, 0.25) is 0 Å². The number of aryl methyl sites for hydroxylation is 3. The van der Waals surface area contributed by atoms with Crippen molar-refractivity contribution in [2.24, 2.45) is 10.9 Å². The molecule has 106 valence electrons. The molecule has 0 aliphatic rings. The van der Waals surface area contributed by atoms with E-state index in [4.69, 9.17) is 5.41 Å². The standard InChI is InChI=1S/C15H22N2.C2H6/c1-6-13-8-15(12(5)7-11(13)4)17-9-14(16)10(2)3;1-2/h7-10,16H,6H2,1-5H3;1-2H3. The minimum Gasteiger partial charge on any atom is -0.303 e. The maximum atomic E-state index is 7.75. The minimum absolute atomic E-state index is 0.232. The van der Waals surface area contributed by atoms with E-state index in [0.29, 0.717) is 5.71 Å². The highest BCUT2D eigenvalue weighted by Crippen LogP contribution is 2.23. The summed E-state index contributed by atoms with van der Waals surface area (Å²) in [5, 5.41) is 7.75. The van der Waals surface area contributed by atoms with Crippen molar-refractivity contribution in [3.05, 3.63) is 28.8 Å². The van der Waals surface area contributed by atoms with Gasteiger partial charge in [0.15, 0.2) is 0 Å². The summed E-state index contributed by atoms with van der Waals surface area (Å²) in [6.45, 7) is 14.4. The molecule has 0 aliphatic heterocycles. The zero-order chi connectivity index (χ0) is 15.0. The van der Waals surface area contributed by atoms with Crippen molar-refractivity contribution in [2.75, 3.05) is 0 Å². The molecular formula is C17H28N2. The smallest absolute Gasteiger partial charge is 0.0662 e. The number of benzene rings is 1. The summed E-state index contributed by atoms with van der Waals surface area (Å²) < 4.78 is 0. The van der Waals surface area contributed by atoms with E-state index in [1.165, 1.54) is 16.7 Å². The SMILES string of the molecule is CC.CCc1cc(N=CC(=N)C(C)C)c(C)cc1C. The van der Waals surface area contributed by atoms with Gasteiger partial charge < -0.3 is 5.41 Å². The van der Waals surface area contributed by atoms with Gasteiger partial charge in [-0.1, -0.05) is 40.7 Å². The third-order valence-electron chi connectivity index (χ3n) is 3.00. The monoisotopic (exact) mass is 260 g/mol. The highest BCUT2D eigenvalue weighted by molar-refractivity contribution is 6.30. The van der Waals surface area contributed by atoms with Gasteiger partial charge in [-0.05, 0) is 48.9 Å². The van der Waals surface area contributed by atoms with Crippen LogP contribution in [-0.2, 0) is 6.42 Å².